The van der Waals surface area contributed by atoms with Gasteiger partial charge in [-0.25, -0.2) is 18.4 Å². The Balaban J connectivity index is 1.78. The fourth-order valence-corrected chi connectivity index (χ4v) is 5.09. The molecule has 1 aliphatic carbocycles. The third-order valence-corrected chi connectivity index (χ3v) is 7.78. The Hall–Kier alpha value is -3.31. The summed E-state index contributed by atoms with van der Waals surface area (Å²) in [5.74, 6) is -3.56. The van der Waals surface area contributed by atoms with Gasteiger partial charge in [0.05, 0.1) is 25.2 Å². The van der Waals surface area contributed by atoms with Crippen LogP contribution in [0.3, 0.4) is 0 Å². The number of halogens is 4. The van der Waals surface area contributed by atoms with Gasteiger partial charge in [0, 0.05) is 25.4 Å². The van der Waals surface area contributed by atoms with E-state index in [0.717, 1.165) is 10.9 Å². The number of hydrogen-bond acceptors (Lipinski definition) is 11. The lowest BCUT2D eigenvalue weighted by Crippen LogP contribution is -2.33. The molecule has 1 saturated carbocycles. The largest absolute Gasteiger partial charge is 0.479 e. The number of aromatic nitrogens is 7. The fraction of sp³-hybridized carbons (Fsp3) is 0.500. The predicted octanol–water partition coefficient (Wildman–Crippen LogP) is 2.70. The zero-order valence-electron chi connectivity index (χ0n) is 20.3. The second kappa shape index (κ2) is 10.5. The van der Waals surface area contributed by atoms with Crippen molar-refractivity contribution >= 4 is 27.6 Å². The van der Waals surface area contributed by atoms with Gasteiger partial charge in [-0.1, -0.05) is 11.6 Å². The molecule has 13 nitrogen and oxygen atoms in total. The molecular weight excluding hydrogens is 557 g/mol. The van der Waals surface area contributed by atoms with Crippen LogP contribution in [0.25, 0.3) is 5.69 Å². The Morgan fingerprint density at radius 2 is 1.68 bits per heavy atom. The number of anilines is 1. The van der Waals surface area contributed by atoms with Crippen LogP contribution < -0.4 is 14.2 Å². The number of alkyl halides is 3. The van der Waals surface area contributed by atoms with Gasteiger partial charge in [0.25, 0.3) is 0 Å². The van der Waals surface area contributed by atoms with Crippen LogP contribution in [0.2, 0.25) is 5.02 Å². The molecule has 0 aliphatic heterocycles. The quantitative estimate of drug-likeness (QED) is 0.377. The first kappa shape index (κ1) is 27.7. The minimum Gasteiger partial charge on any atom is -0.479 e. The molecule has 18 heteroatoms. The molecule has 1 fully saturated rings. The Morgan fingerprint density at radius 3 is 2.18 bits per heavy atom. The molecule has 2 unspecified atom stereocenters. The van der Waals surface area contributed by atoms with Crippen LogP contribution >= 0.6 is 11.6 Å². The lowest BCUT2D eigenvalue weighted by molar-refractivity contribution is -0.148. The summed E-state index contributed by atoms with van der Waals surface area (Å²) in [6.07, 6.45) is -2.20. The van der Waals surface area contributed by atoms with E-state index in [4.69, 9.17) is 25.8 Å². The van der Waals surface area contributed by atoms with Crippen molar-refractivity contribution in [1.82, 2.24) is 34.7 Å². The molecule has 0 bridgehead atoms. The minimum atomic E-state index is -4.48. The highest BCUT2D eigenvalue weighted by Gasteiger charge is 2.58. The van der Waals surface area contributed by atoms with E-state index >= 15 is 0 Å². The first-order valence-electron chi connectivity index (χ1n) is 10.9. The molecule has 0 radical (unpaired) electrons. The SMILES string of the molecule is COc1ncnc(OC)c1-n1c(NS(=O)(=O)C(C)C(OC)c2ncc(Cl)cn2)nnc1[C@@H]1C[C@@H]1C(F)(F)F. The highest BCUT2D eigenvalue weighted by Crippen LogP contribution is 2.56. The van der Waals surface area contributed by atoms with Crippen LogP contribution in [-0.2, 0) is 14.8 Å². The van der Waals surface area contributed by atoms with Gasteiger partial charge in [0.1, 0.15) is 23.5 Å². The van der Waals surface area contributed by atoms with Gasteiger partial charge in [-0.2, -0.15) is 23.1 Å². The molecule has 3 aromatic heterocycles. The van der Waals surface area contributed by atoms with Crippen LogP contribution in [0.4, 0.5) is 19.1 Å². The monoisotopic (exact) mass is 578 g/mol. The first-order chi connectivity index (χ1) is 17.9. The van der Waals surface area contributed by atoms with Crippen molar-refractivity contribution in [3.8, 4) is 17.4 Å². The lowest BCUT2D eigenvalue weighted by atomic mass is 10.2. The van der Waals surface area contributed by atoms with E-state index in [-0.39, 0.29) is 40.5 Å². The van der Waals surface area contributed by atoms with Gasteiger partial charge in [-0.3, -0.25) is 9.29 Å². The number of ether oxygens (including phenoxy) is 3. The molecular formula is C20H22ClF3N8O5S. The maximum atomic E-state index is 13.4. The minimum absolute atomic E-state index is 0.0442. The Kier molecular flexibility index (Phi) is 7.62. The van der Waals surface area contributed by atoms with E-state index in [1.54, 1.807) is 0 Å². The van der Waals surface area contributed by atoms with E-state index in [9.17, 15) is 21.6 Å². The number of methoxy groups -OCH3 is 3. The number of nitrogens with zero attached hydrogens (tertiary/aromatic N) is 7. The van der Waals surface area contributed by atoms with E-state index in [2.05, 4.69) is 34.9 Å². The summed E-state index contributed by atoms with van der Waals surface area (Å²) in [7, 11) is -0.528. The molecule has 1 N–H and O–H groups in total. The van der Waals surface area contributed by atoms with Crippen LogP contribution in [-0.4, -0.2) is 75.9 Å². The number of sulfonamides is 1. The topological polar surface area (TPSA) is 156 Å². The average Bonchev–Trinajstić information content (AvgIpc) is 3.60. The molecule has 4 atom stereocenters. The fourth-order valence-electron chi connectivity index (χ4n) is 3.86. The summed E-state index contributed by atoms with van der Waals surface area (Å²) in [4.78, 5) is 16.0. The maximum Gasteiger partial charge on any atom is 0.392 e. The van der Waals surface area contributed by atoms with Crippen molar-refractivity contribution in [2.75, 3.05) is 26.1 Å². The number of rotatable bonds is 10. The Morgan fingerprint density at radius 1 is 1.08 bits per heavy atom. The molecule has 38 heavy (non-hydrogen) atoms. The van der Waals surface area contributed by atoms with Crippen LogP contribution in [0, 0.1) is 5.92 Å². The van der Waals surface area contributed by atoms with E-state index in [0.29, 0.717) is 0 Å². The lowest BCUT2D eigenvalue weighted by Gasteiger charge is -2.22. The van der Waals surface area contributed by atoms with Crippen molar-refractivity contribution in [2.45, 2.75) is 36.8 Å². The first-order valence-corrected chi connectivity index (χ1v) is 12.8. The van der Waals surface area contributed by atoms with Crippen LogP contribution in [0.15, 0.2) is 18.7 Å². The zero-order chi connectivity index (χ0) is 27.8. The number of hydrogen-bond donors (Lipinski definition) is 1. The van der Waals surface area contributed by atoms with E-state index in [1.165, 1.54) is 40.6 Å². The molecule has 4 rings (SSSR count). The standard InChI is InChI=1S/C20H22ClF3N8O5S/c1-9(14(35-2)15-25-6-10(21)7-26-15)38(33,34)31-19-30-29-16(11-5-12(11)20(22,23)24)32(19)13-17(36-3)27-8-28-18(13)37-4/h6-9,11-12,14H,5H2,1-4H3,(H,30,31)/t9?,11-,12+,14?/m1/s1. The summed E-state index contributed by atoms with van der Waals surface area (Å²) in [5.41, 5.74) is -0.0833. The maximum absolute atomic E-state index is 13.4. The smallest absolute Gasteiger partial charge is 0.392 e. The molecule has 206 valence electrons. The average molecular weight is 579 g/mol. The molecule has 3 heterocycles. The highest BCUT2D eigenvalue weighted by atomic mass is 35.5. The van der Waals surface area contributed by atoms with Crippen molar-refractivity contribution < 1.29 is 35.8 Å². The molecule has 0 saturated heterocycles. The molecule has 0 aromatic carbocycles. The Labute approximate surface area is 219 Å². The third kappa shape index (κ3) is 5.30. The van der Waals surface area contributed by atoms with Crippen molar-refractivity contribution in [3.05, 3.63) is 35.4 Å². The summed E-state index contributed by atoms with van der Waals surface area (Å²) >= 11 is 5.82. The van der Waals surface area contributed by atoms with Gasteiger partial charge in [-0.05, 0) is 13.3 Å². The molecule has 0 amide bonds. The van der Waals surface area contributed by atoms with Crippen LogP contribution in [0.5, 0.6) is 11.8 Å². The van der Waals surface area contributed by atoms with Crippen molar-refractivity contribution in [1.29, 1.82) is 0 Å². The molecule has 0 spiro atoms. The van der Waals surface area contributed by atoms with E-state index < -0.39 is 45.3 Å². The van der Waals surface area contributed by atoms with Gasteiger partial charge in [0.15, 0.2) is 11.5 Å². The predicted molar refractivity (Wildman–Crippen MR) is 126 cm³/mol. The summed E-state index contributed by atoms with van der Waals surface area (Å²) < 4.78 is 86.3. The highest BCUT2D eigenvalue weighted by molar-refractivity contribution is 7.93. The van der Waals surface area contributed by atoms with Gasteiger partial charge in [0.2, 0.25) is 27.7 Å². The van der Waals surface area contributed by atoms with Gasteiger partial charge >= 0.3 is 6.18 Å². The molecule has 3 aromatic rings. The Bertz CT molecular complexity index is 1380. The molecule has 1 aliphatic rings. The summed E-state index contributed by atoms with van der Waals surface area (Å²) in [6.45, 7) is 1.34. The second-order valence-corrected chi connectivity index (χ2v) is 10.7. The normalized spacial score (nSPS) is 19.1. The summed E-state index contributed by atoms with van der Waals surface area (Å²) in [5, 5.41) is 6.69. The van der Waals surface area contributed by atoms with Gasteiger partial charge in [-0.15, -0.1) is 10.2 Å². The van der Waals surface area contributed by atoms with Crippen molar-refractivity contribution in [3.63, 3.8) is 0 Å². The second-order valence-electron chi connectivity index (χ2n) is 8.22. The number of nitrogens with one attached hydrogen (secondary N) is 1. The third-order valence-electron chi connectivity index (χ3n) is 5.89. The van der Waals surface area contributed by atoms with Crippen LogP contribution in [0.1, 0.15) is 37.0 Å². The van der Waals surface area contributed by atoms with Crippen molar-refractivity contribution in [2.24, 2.45) is 5.92 Å². The summed E-state index contributed by atoms with van der Waals surface area (Å²) in [6, 6.07) is 0. The van der Waals surface area contributed by atoms with E-state index in [1.807, 2.05) is 0 Å². The van der Waals surface area contributed by atoms with Gasteiger partial charge < -0.3 is 14.2 Å². The zero-order valence-corrected chi connectivity index (χ0v) is 21.9.